The van der Waals surface area contributed by atoms with Gasteiger partial charge in [-0.15, -0.1) is 0 Å². The zero-order valence-corrected chi connectivity index (χ0v) is 8.88. The highest BCUT2D eigenvalue weighted by atomic mass is 32.1. The number of rotatable bonds is 4. The van der Waals surface area contributed by atoms with Gasteiger partial charge in [-0.1, -0.05) is 20.8 Å². The molecule has 2 atom stereocenters. The molecule has 0 saturated heterocycles. The number of hydrogen-bond acceptors (Lipinski definition) is 2. The van der Waals surface area contributed by atoms with E-state index in [9.17, 15) is 0 Å². The normalized spacial score (nSPS) is 20.1. The molecule has 0 aromatic heterocycles. The van der Waals surface area contributed by atoms with Gasteiger partial charge < -0.3 is 0 Å². The van der Waals surface area contributed by atoms with Crippen LogP contribution in [0.25, 0.3) is 0 Å². The lowest BCUT2D eigenvalue weighted by atomic mass is 10.0. The Kier molecular flexibility index (Phi) is 4.87. The molecule has 0 heterocycles. The van der Waals surface area contributed by atoms with E-state index in [1.54, 1.807) is 0 Å². The Bertz CT molecular complexity index is 89.3. The second kappa shape index (κ2) is 4.55. The first kappa shape index (κ1) is 10.7. The Labute approximate surface area is 75.6 Å². The van der Waals surface area contributed by atoms with Crippen LogP contribution in [0, 0.1) is 0 Å². The van der Waals surface area contributed by atoms with E-state index in [0.29, 0.717) is 5.25 Å². The summed E-state index contributed by atoms with van der Waals surface area (Å²) in [6.45, 7) is 6.51. The molecule has 2 unspecified atom stereocenters. The molecule has 0 N–H and O–H groups in total. The van der Waals surface area contributed by atoms with Crippen LogP contribution in [0.3, 0.4) is 0 Å². The highest BCUT2D eigenvalue weighted by molar-refractivity contribution is 7.82. The third kappa shape index (κ3) is 4.51. The molecule has 0 bridgehead atoms. The Morgan fingerprint density at radius 3 is 2.20 bits per heavy atom. The number of hydrogen-bond donors (Lipinski definition) is 2. The summed E-state index contributed by atoms with van der Waals surface area (Å²) >= 11 is 8.96. The Morgan fingerprint density at radius 2 is 1.90 bits per heavy atom. The topological polar surface area (TPSA) is 0 Å². The van der Waals surface area contributed by atoms with E-state index in [-0.39, 0.29) is 4.75 Å². The van der Waals surface area contributed by atoms with Crippen LogP contribution in [0.2, 0.25) is 0 Å². The van der Waals surface area contributed by atoms with Crippen LogP contribution >= 0.6 is 25.3 Å². The van der Waals surface area contributed by atoms with Gasteiger partial charge in [0.25, 0.3) is 0 Å². The van der Waals surface area contributed by atoms with Crippen molar-refractivity contribution in [2.75, 3.05) is 0 Å². The van der Waals surface area contributed by atoms with Crippen molar-refractivity contribution in [2.24, 2.45) is 0 Å². The molecule has 2 heteroatoms. The zero-order chi connectivity index (χ0) is 8.20. The van der Waals surface area contributed by atoms with Crippen LogP contribution in [0.5, 0.6) is 0 Å². The van der Waals surface area contributed by atoms with Crippen molar-refractivity contribution in [2.45, 2.75) is 50.0 Å². The molecule has 62 valence electrons. The molecule has 0 amide bonds. The molecule has 0 radical (unpaired) electrons. The quantitative estimate of drug-likeness (QED) is 0.607. The van der Waals surface area contributed by atoms with Crippen molar-refractivity contribution in [3.05, 3.63) is 0 Å². The maximum atomic E-state index is 4.53. The smallest absolute Gasteiger partial charge is 0.0109 e. The molecule has 0 aromatic rings. The first-order chi connectivity index (χ1) is 4.52. The molecule has 0 aliphatic carbocycles. The van der Waals surface area contributed by atoms with Gasteiger partial charge in [0.05, 0.1) is 0 Å². The summed E-state index contributed by atoms with van der Waals surface area (Å²) in [5.74, 6) is 0. The molecule has 0 fully saturated rings. The van der Waals surface area contributed by atoms with Crippen LogP contribution < -0.4 is 0 Å². The Morgan fingerprint density at radius 1 is 1.40 bits per heavy atom. The largest absolute Gasteiger partial charge is 0.176 e. The summed E-state index contributed by atoms with van der Waals surface area (Å²) in [6, 6.07) is 0. The van der Waals surface area contributed by atoms with Crippen LogP contribution in [-0.2, 0) is 0 Å². The van der Waals surface area contributed by atoms with E-state index < -0.39 is 0 Å². The Hall–Kier alpha value is 0.700. The third-order valence-electron chi connectivity index (χ3n) is 1.91. The first-order valence-corrected chi connectivity index (χ1v) is 4.88. The predicted octanol–water partition coefficient (Wildman–Crippen LogP) is 3.18. The monoisotopic (exact) mass is 178 g/mol. The third-order valence-corrected chi connectivity index (χ3v) is 2.95. The van der Waals surface area contributed by atoms with E-state index in [2.05, 4.69) is 46.0 Å². The van der Waals surface area contributed by atoms with Gasteiger partial charge in [-0.25, -0.2) is 0 Å². The van der Waals surface area contributed by atoms with E-state index in [0.717, 1.165) is 19.3 Å². The van der Waals surface area contributed by atoms with Crippen LogP contribution in [0.1, 0.15) is 40.0 Å². The van der Waals surface area contributed by atoms with Crippen LogP contribution in [0.15, 0.2) is 0 Å². The Balaban J connectivity index is 3.64. The zero-order valence-electron chi connectivity index (χ0n) is 7.09. The van der Waals surface area contributed by atoms with Gasteiger partial charge in [-0.3, -0.25) is 0 Å². The highest BCUT2D eigenvalue weighted by Gasteiger charge is 2.18. The highest BCUT2D eigenvalue weighted by Crippen LogP contribution is 2.27. The van der Waals surface area contributed by atoms with Crippen molar-refractivity contribution < 1.29 is 0 Å². The van der Waals surface area contributed by atoms with E-state index in [1.807, 2.05) is 0 Å². The maximum Gasteiger partial charge on any atom is 0.0109 e. The second-order valence-electron chi connectivity index (χ2n) is 3.12. The summed E-state index contributed by atoms with van der Waals surface area (Å²) in [5, 5.41) is 0.516. The fourth-order valence-corrected chi connectivity index (χ4v) is 1.56. The molecule has 0 aliphatic heterocycles. The van der Waals surface area contributed by atoms with Gasteiger partial charge in [-0.05, 0) is 19.3 Å². The summed E-state index contributed by atoms with van der Waals surface area (Å²) in [4.78, 5) is 0. The van der Waals surface area contributed by atoms with Crippen LogP contribution in [0.4, 0.5) is 0 Å². The van der Waals surface area contributed by atoms with Crippen molar-refractivity contribution in [1.29, 1.82) is 0 Å². The SMILES string of the molecule is CCC(S)CC(C)(S)CC. The predicted molar refractivity (Wildman–Crippen MR) is 55.4 cm³/mol. The molecular formula is C8H18S2. The van der Waals surface area contributed by atoms with Gasteiger partial charge in [-0.2, -0.15) is 25.3 Å². The molecule has 0 rings (SSSR count). The lowest BCUT2D eigenvalue weighted by molar-refractivity contribution is 0.553. The van der Waals surface area contributed by atoms with Gasteiger partial charge in [0.1, 0.15) is 0 Å². The second-order valence-corrected chi connectivity index (χ2v) is 4.93. The van der Waals surface area contributed by atoms with E-state index in [1.165, 1.54) is 0 Å². The summed E-state index contributed by atoms with van der Waals surface area (Å²) in [5.41, 5.74) is 0. The first-order valence-electron chi connectivity index (χ1n) is 3.92. The van der Waals surface area contributed by atoms with Crippen molar-refractivity contribution >= 4 is 25.3 Å². The van der Waals surface area contributed by atoms with E-state index >= 15 is 0 Å². The fourth-order valence-electron chi connectivity index (χ4n) is 0.796. The van der Waals surface area contributed by atoms with Gasteiger partial charge in [0.2, 0.25) is 0 Å². The van der Waals surface area contributed by atoms with E-state index in [4.69, 9.17) is 0 Å². The van der Waals surface area contributed by atoms with Gasteiger partial charge in [0.15, 0.2) is 0 Å². The molecule has 10 heavy (non-hydrogen) atoms. The molecule has 0 aromatic carbocycles. The molecule has 0 saturated carbocycles. The standard InChI is InChI=1S/C8H18S2/c1-4-7(9)6-8(3,10)5-2/h7,9-10H,4-6H2,1-3H3. The minimum Gasteiger partial charge on any atom is -0.176 e. The maximum absolute atomic E-state index is 4.53. The summed E-state index contributed by atoms with van der Waals surface area (Å²) in [6.07, 6.45) is 3.36. The molecule has 0 nitrogen and oxygen atoms in total. The molecule has 0 aliphatic rings. The van der Waals surface area contributed by atoms with Crippen LogP contribution in [-0.4, -0.2) is 10.00 Å². The summed E-state index contributed by atoms with van der Waals surface area (Å²) in [7, 11) is 0. The van der Waals surface area contributed by atoms with Gasteiger partial charge in [0, 0.05) is 10.00 Å². The molecular weight excluding hydrogens is 160 g/mol. The lowest BCUT2D eigenvalue weighted by Crippen LogP contribution is -2.20. The van der Waals surface area contributed by atoms with Crippen molar-refractivity contribution in [1.82, 2.24) is 0 Å². The minimum absolute atomic E-state index is 0.183. The summed E-state index contributed by atoms with van der Waals surface area (Å²) < 4.78 is 0.183. The fraction of sp³-hybridized carbons (Fsp3) is 1.00. The van der Waals surface area contributed by atoms with Gasteiger partial charge >= 0.3 is 0 Å². The number of thiol groups is 2. The van der Waals surface area contributed by atoms with Crippen molar-refractivity contribution in [3.8, 4) is 0 Å². The average molecular weight is 178 g/mol. The minimum atomic E-state index is 0.183. The lowest BCUT2D eigenvalue weighted by Gasteiger charge is -2.24. The molecule has 0 spiro atoms. The van der Waals surface area contributed by atoms with Crippen molar-refractivity contribution in [3.63, 3.8) is 0 Å². The average Bonchev–Trinajstić information content (AvgIpc) is 1.87.